The Hall–Kier alpha value is -1.09. The van der Waals surface area contributed by atoms with Crippen molar-refractivity contribution in [2.24, 2.45) is 0 Å². The molecule has 0 aliphatic heterocycles. The lowest BCUT2D eigenvalue weighted by atomic mass is 10.4. The Morgan fingerprint density at radius 2 is 2.38 bits per heavy atom. The molecule has 0 bridgehead atoms. The van der Waals surface area contributed by atoms with E-state index >= 15 is 0 Å². The average Bonchev–Trinajstić information content (AvgIpc) is 2.49. The molecule has 0 radical (unpaired) electrons. The van der Waals surface area contributed by atoms with Gasteiger partial charge in [0.1, 0.15) is 0 Å². The number of aryl methyl sites for hydroxylation is 1. The molecule has 3 heteroatoms. The number of thiophene rings is 1. The van der Waals surface area contributed by atoms with Gasteiger partial charge in [-0.1, -0.05) is 0 Å². The van der Waals surface area contributed by atoms with Gasteiger partial charge in [-0.05, 0) is 32.1 Å². The number of carbonyl (C=O) groups excluding carboxylic acids is 1. The molecule has 13 heavy (non-hydrogen) atoms. The molecule has 1 aromatic heterocycles. The Morgan fingerprint density at radius 1 is 1.62 bits per heavy atom. The molecule has 2 nitrogen and oxygen atoms in total. The van der Waals surface area contributed by atoms with Crippen LogP contribution in [0.4, 0.5) is 0 Å². The lowest BCUT2D eigenvalue weighted by Gasteiger charge is -1.93. The number of rotatable bonds is 3. The number of carbonyl (C=O) groups is 1. The highest BCUT2D eigenvalue weighted by molar-refractivity contribution is 7.12. The van der Waals surface area contributed by atoms with Gasteiger partial charge in [0.15, 0.2) is 0 Å². The second kappa shape index (κ2) is 4.82. The molecule has 0 fully saturated rings. The topological polar surface area (TPSA) is 26.3 Å². The first kappa shape index (κ1) is 9.99. The van der Waals surface area contributed by atoms with Crippen molar-refractivity contribution < 1.29 is 9.53 Å². The summed E-state index contributed by atoms with van der Waals surface area (Å²) in [4.78, 5) is 13.2. The van der Waals surface area contributed by atoms with Gasteiger partial charge in [0.2, 0.25) is 0 Å². The van der Waals surface area contributed by atoms with Crippen LogP contribution in [0.2, 0.25) is 0 Å². The molecule has 70 valence electrons. The normalized spacial score (nSPS) is 10.6. The molecule has 1 rings (SSSR count). The fourth-order valence-corrected chi connectivity index (χ4v) is 1.66. The van der Waals surface area contributed by atoms with Gasteiger partial charge in [0, 0.05) is 15.8 Å². The Labute approximate surface area is 81.8 Å². The zero-order chi connectivity index (χ0) is 9.68. The zero-order valence-corrected chi connectivity index (χ0v) is 8.56. The molecule has 0 spiro atoms. The number of esters is 1. The van der Waals surface area contributed by atoms with Crippen LogP contribution in [0.15, 0.2) is 18.2 Å². The first-order valence-electron chi connectivity index (χ1n) is 4.13. The summed E-state index contributed by atoms with van der Waals surface area (Å²) in [5.41, 5.74) is 0. The fraction of sp³-hybridized carbons (Fsp3) is 0.300. The first-order valence-corrected chi connectivity index (χ1v) is 4.95. The van der Waals surface area contributed by atoms with E-state index in [0.717, 1.165) is 4.88 Å². The van der Waals surface area contributed by atoms with E-state index < -0.39 is 0 Å². The van der Waals surface area contributed by atoms with Crippen molar-refractivity contribution >= 4 is 23.4 Å². The van der Waals surface area contributed by atoms with Gasteiger partial charge in [0.05, 0.1) is 6.61 Å². The molecule has 0 aliphatic carbocycles. The Bertz CT molecular complexity index is 312. The summed E-state index contributed by atoms with van der Waals surface area (Å²) in [6.45, 7) is 4.25. The fourth-order valence-electron chi connectivity index (χ4n) is 0.884. The van der Waals surface area contributed by atoms with Crippen LogP contribution in [-0.4, -0.2) is 12.6 Å². The Kier molecular flexibility index (Phi) is 3.71. The summed E-state index contributed by atoms with van der Waals surface area (Å²) in [6, 6.07) is 4.01. The van der Waals surface area contributed by atoms with Crippen molar-refractivity contribution in [1.82, 2.24) is 0 Å². The van der Waals surface area contributed by atoms with Crippen molar-refractivity contribution in [2.45, 2.75) is 13.8 Å². The van der Waals surface area contributed by atoms with Crippen LogP contribution in [-0.2, 0) is 9.53 Å². The van der Waals surface area contributed by atoms with E-state index in [1.54, 1.807) is 24.3 Å². The van der Waals surface area contributed by atoms with Crippen LogP contribution in [0.3, 0.4) is 0 Å². The minimum atomic E-state index is -0.284. The third-order valence-corrected chi connectivity index (χ3v) is 2.40. The van der Waals surface area contributed by atoms with Crippen LogP contribution >= 0.6 is 11.3 Å². The molecule has 0 unspecified atom stereocenters. The predicted molar refractivity (Wildman–Crippen MR) is 54.7 cm³/mol. The third-order valence-electron chi connectivity index (χ3n) is 1.43. The largest absolute Gasteiger partial charge is 0.463 e. The van der Waals surface area contributed by atoms with Crippen LogP contribution < -0.4 is 0 Å². The standard InChI is InChI=1S/C10H12O2S/c1-3-12-10(11)7-6-9-5-4-8(2)13-9/h4-7H,3H2,1-2H3. The van der Waals surface area contributed by atoms with E-state index in [0.29, 0.717) is 6.61 Å². The van der Waals surface area contributed by atoms with E-state index in [4.69, 9.17) is 4.74 Å². The van der Waals surface area contributed by atoms with Gasteiger partial charge >= 0.3 is 5.97 Å². The number of ether oxygens (including phenoxy) is 1. The first-order chi connectivity index (χ1) is 6.22. The second-order valence-corrected chi connectivity index (χ2v) is 3.85. The van der Waals surface area contributed by atoms with Crippen molar-refractivity contribution in [1.29, 1.82) is 0 Å². The summed E-state index contributed by atoms with van der Waals surface area (Å²) >= 11 is 1.65. The van der Waals surface area contributed by atoms with Gasteiger partial charge in [0.25, 0.3) is 0 Å². The summed E-state index contributed by atoms with van der Waals surface area (Å²) in [7, 11) is 0. The van der Waals surface area contributed by atoms with Gasteiger partial charge in [-0.3, -0.25) is 0 Å². The van der Waals surface area contributed by atoms with Crippen LogP contribution in [0.1, 0.15) is 16.7 Å². The zero-order valence-electron chi connectivity index (χ0n) is 7.74. The number of hydrogen-bond acceptors (Lipinski definition) is 3. The van der Waals surface area contributed by atoms with Crippen LogP contribution in [0, 0.1) is 6.92 Å². The summed E-state index contributed by atoms with van der Waals surface area (Å²) in [5.74, 6) is -0.284. The maximum absolute atomic E-state index is 10.9. The molecular formula is C10H12O2S. The van der Waals surface area contributed by atoms with E-state index in [2.05, 4.69) is 0 Å². The molecule has 0 N–H and O–H groups in total. The average molecular weight is 196 g/mol. The lowest BCUT2D eigenvalue weighted by molar-refractivity contribution is -0.137. The highest BCUT2D eigenvalue weighted by Crippen LogP contribution is 2.16. The highest BCUT2D eigenvalue weighted by atomic mass is 32.1. The molecule has 0 atom stereocenters. The van der Waals surface area contributed by atoms with E-state index in [1.165, 1.54) is 11.0 Å². The quantitative estimate of drug-likeness (QED) is 0.548. The monoisotopic (exact) mass is 196 g/mol. The molecule has 0 saturated heterocycles. The van der Waals surface area contributed by atoms with Crippen LogP contribution in [0.25, 0.3) is 6.08 Å². The summed E-state index contributed by atoms with van der Waals surface area (Å²) < 4.78 is 4.75. The Morgan fingerprint density at radius 3 is 2.92 bits per heavy atom. The summed E-state index contributed by atoms with van der Waals surface area (Å²) in [6.07, 6.45) is 3.23. The third kappa shape index (κ3) is 3.42. The molecule has 1 aromatic rings. The van der Waals surface area contributed by atoms with E-state index in [-0.39, 0.29) is 5.97 Å². The molecule has 0 amide bonds. The second-order valence-electron chi connectivity index (χ2n) is 2.53. The minimum absolute atomic E-state index is 0.284. The lowest BCUT2D eigenvalue weighted by Crippen LogP contribution is -1.98. The minimum Gasteiger partial charge on any atom is -0.463 e. The van der Waals surface area contributed by atoms with Gasteiger partial charge in [-0.25, -0.2) is 4.79 Å². The molecule has 0 aromatic carbocycles. The van der Waals surface area contributed by atoms with Crippen LogP contribution in [0.5, 0.6) is 0 Å². The highest BCUT2D eigenvalue weighted by Gasteiger charge is 1.95. The molecule has 1 heterocycles. The van der Waals surface area contributed by atoms with Crippen molar-refractivity contribution in [3.8, 4) is 0 Å². The number of hydrogen-bond donors (Lipinski definition) is 0. The van der Waals surface area contributed by atoms with Crippen molar-refractivity contribution in [2.75, 3.05) is 6.61 Å². The van der Waals surface area contributed by atoms with Gasteiger partial charge in [-0.15, -0.1) is 11.3 Å². The maximum Gasteiger partial charge on any atom is 0.330 e. The molecular weight excluding hydrogens is 184 g/mol. The smallest absolute Gasteiger partial charge is 0.330 e. The van der Waals surface area contributed by atoms with Crippen molar-refractivity contribution in [3.63, 3.8) is 0 Å². The maximum atomic E-state index is 10.9. The molecule has 0 aliphatic rings. The molecule has 0 saturated carbocycles. The predicted octanol–water partition coefficient (Wildman–Crippen LogP) is 2.63. The summed E-state index contributed by atoms with van der Waals surface area (Å²) in [5, 5.41) is 0. The van der Waals surface area contributed by atoms with Crippen molar-refractivity contribution in [3.05, 3.63) is 28.0 Å². The van der Waals surface area contributed by atoms with Gasteiger partial charge in [-0.2, -0.15) is 0 Å². The van der Waals surface area contributed by atoms with E-state index in [1.807, 2.05) is 19.1 Å². The van der Waals surface area contributed by atoms with E-state index in [9.17, 15) is 4.79 Å². The Balaban J connectivity index is 2.53. The van der Waals surface area contributed by atoms with Gasteiger partial charge < -0.3 is 4.74 Å². The SMILES string of the molecule is CCOC(=O)C=Cc1ccc(C)s1.